The first-order valence-corrected chi connectivity index (χ1v) is 6.35. The first kappa shape index (κ1) is 13.7. The summed E-state index contributed by atoms with van der Waals surface area (Å²) in [5, 5.41) is 19.0. The number of nitro groups is 1. The van der Waals surface area contributed by atoms with E-state index in [1.54, 1.807) is 30.3 Å². The first-order valence-electron chi connectivity index (χ1n) is 6.35. The minimum Gasteiger partial charge on any atom is -0.464 e. The molecule has 0 aliphatic carbocycles. The second-order valence-corrected chi connectivity index (χ2v) is 4.41. The highest BCUT2D eigenvalue weighted by Crippen LogP contribution is 2.25. The Morgan fingerprint density at radius 3 is 2.68 bits per heavy atom. The maximum Gasteiger partial charge on any atom is 0.311 e. The Labute approximate surface area is 123 Å². The van der Waals surface area contributed by atoms with Crippen LogP contribution >= 0.6 is 0 Å². The summed E-state index contributed by atoms with van der Waals surface area (Å²) in [6.07, 6.45) is 0. The van der Waals surface area contributed by atoms with Crippen molar-refractivity contribution in [1.29, 1.82) is 0 Å². The molecule has 0 atom stereocenters. The molecule has 0 aliphatic rings. The number of benzene rings is 2. The van der Waals surface area contributed by atoms with Gasteiger partial charge < -0.3 is 4.74 Å². The topological polar surface area (TPSA) is 100 Å². The highest BCUT2D eigenvalue weighted by molar-refractivity contribution is 5.76. The van der Waals surface area contributed by atoms with E-state index in [0.29, 0.717) is 10.9 Å². The van der Waals surface area contributed by atoms with E-state index in [1.165, 1.54) is 18.2 Å². The van der Waals surface area contributed by atoms with Crippen molar-refractivity contribution in [3.05, 3.63) is 69.0 Å². The van der Waals surface area contributed by atoms with Crippen molar-refractivity contribution in [3.8, 4) is 5.75 Å². The Hall–Kier alpha value is -3.29. The molecule has 1 aromatic heterocycles. The van der Waals surface area contributed by atoms with Crippen LogP contribution in [0.4, 0.5) is 5.69 Å². The lowest BCUT2D eigenvalue weighted by Crippen LogP contribution is -2.26. The fourth-order valence-electron chi connectivity index (χ4n) is 1.97. The predicted octanol–water partition coefficient (Wildman–Crippen LogP) is 1.74. The molecule has 0 spiro atoms. The largest absolute Gasteiger partial charge is 0.464 e. The third kappa shape index (κ3) is 2.49. The normalized spacial score (nSPS) is 10.5. The van der Waals surface area contributed by atoms with Gasteiger partial charge in [0, 0.05) is 6.07 Å². The molecule has 0 saturated carbocycles. The number of para-hydroxylation sites is 2. The van der Waals surface area contributed by atoms with Crippen LogP contribution in [-0.2, 0) is 6.73 Å². The van der Waals surface area contributed by atoms with E-state index in [-0.39, 0.29) is 23.7 Å². The molecule has 0 radical (unpaired) electrons. The van der Waals surface area contributed by atoms with Crippen LogP contribution in [0.15, 0.2) is 53.3 Å². The van der Waals surface area contributed by atoms with Gasteiger partial charge in [0.25, 0.3) is 5.56 Å². The molecule has 0 unspecified atom stereocenters. The summed E-state index contributed by atoms with van der Waals surface area (Å²) in [7, 11) is 0. The third-order valence-electron chi connectivity index (χ3n) is 3.03. The zero-order valence-electron chi connectivity index (χ0n) is 11.2. The molecule has 0 saturated heterocycles. The Morgan fingerprint density at radius 1 is 1.14 bits per heavy atom. The Balaban J connectivity index is 1.91. The van der Waals surface area contributed by atoms with Crippen LogP contribution in [0.5, 0.6) is 5.75 Å². The zero-order chi connectivity index (χ0) is 15.5. The van der Waals surface area contributed by atoms with Crippen LogP contribution < -0.4 is 10.3 Å². The van der Waals surface area contributed by atoms with Gasteiger partial charge in [-0.2, -0.15) is 4.68 Å². The number of rotatable bonds is 4. The van der Waals surface area contributed by atoms with Crippen LogP contribution in [0.3, 0.4) is 0 Å². The van der Waals surface area contributed by atoms with Crippen LogP contribution in [0.2, 0.25) is 0 Å². The van der Waals surface area contributed by atoms with Crippen LogP contribution in [0.25, 0.3) is 10.9 Å². The molecular weight excluding hydrogens is 288 g/mol. The van der Waals surface area contributed by atoms with Gasteiger partial charge in [-0.25, -0.2) is 0 Å². The number of hydrogen-bond acceptors (Lipinski definition) is 6. The summed E-state index contributed by atoms with van der Waals surface area (Å²) >= 11 is 0. The van der Waals surface area contributed by atoms with E-state index in [0.717, 1.165) is 4.68 Å². The number of hydrogen-bond donors (Lipinski definition) is 0. The van der Waals surface area contributed by atoms with E-state index < -0.39 is 4.92 Å². The van der Waals surface area contributed by atoms with Gasteiger partial charge in [-0.15, -0.1) is 5.10 Å². The van der Waals surface area contributed by atoms with E-state index in [1.807, 2.05) is 0 Å². The summed E-state index contributed by atoms with van der Waals surface area (Å²) in [4.78, 5) is 22.6. The summed E-state index contributed by atoms with van der Waals surface area (Å²) in [6, 6.07) is 12.7. The highest BCUT2D eigenvalue weighted by Gasteiger charge is 2.14. The van der Waals surface area contributed by atoms with Crippen molar-refractivity contribution in [2.24, 2.45) is 0 Å². The lowest BCUT2D eigenvalue weighted by atomic mass is 10.2. The van der Waals surface area contributed by atoms with E-state index in [4.69, 9.17) is 4.74 Å². The molecule has 3 rings (SSSR count). The van der Waals surface area contributed by atoms with Crippen molar-refractivity contribution in [3.63, 3.8) is 0 Å². The molecule has 22 heavy (non-hydrogen) atoms. The van der Waals surface area contributed by atoms with Crippen LogP contribution in [-0.4, -0.2) is 19.9 Å². The molecule has 8 nitrogen and oxygen atoms in total. The molecular formula is C14H10N4O4. The average molecular weight is 298 g/mol. The molecule has 0 bridgehead atoms. The predicted molar refractivity (Wildman–Crippen MR) is 77.5 cm³/mol. The molecule has 110 valence electrons. The number of nitro benzene ring substituents is 1. The van der Waals surface area contributed by atoms with Crippen molar-refractivity contribution < 1.29 is 9.66 Å². The monoisotopic (exact) mass is 298 g/mol. The second-order valence-electron chi connectivity index (χ2n) is 4.41. The highest BCUT2D eigenvalue weighted by atomic mass is 16.6. The Morgan fingerprint density at radius 2 is 1.86 bits per heavy atom. The summed E-state index contributed by atoms with van der Waals surface area (Å²) in [6.45, 7) is -0.262. The van der Waals surface area contributed by atoms with Crippen molar-refractivity contribution in [2.75, 3.05) is 0 Å². The summed E-state index contributed by atoms with van der Waals surface area (Å²) in [5.41, 5.74) is -0.0667. The van der Waals surface area contributed by atoms with Gasteiger partial charge in [-0.05, 0) is 18.2 Å². The maximum absolute atomic E-state index is 12.2. The summed E-state index contributed by atoms with van der Waals surface area (Å²) in [5.74, 6) is 0.0642. The standard InChI is InChI=1S/C14H10N4O4/c19-14-10-5-1-2-6-11(10)15-16-17(14)9-22-13-8-4-3-7-12(13)18(20)21/h1-8H,9H2. The Bertz CT molecular complexity index is 906. The van der Waals surface area contributed by atoms with Gasteiger partial charge >= 0.3 is 5.69 Å². The number of aromatic nitrogens is 3. The molecule has 0 N–H and O–H groups in total. The molecule has 1 heterocycles. The molecule has 3 aromatic rings. The smallest absolute Gasteiger partial charge is 0.311 e. The van der Waals surface area contributed by atoms with E-state index >= 15 is 0 Å². The van der Waals surface area contributed by atoms with Crippen LogP contribution in [0.1, 0.15) is 0 Å². The fourth-order valence-corrected chi connectivity index (χ4v) is 1.97. The van der Waals surface area contributed by atoms with E-state index in [2.05, 4.69) is 10.3 Å². The third-order valence-corrected chi connectivity index (χ3v) is 3.03. The maximum atomic E-state index is 12.2. The SMILES string of the molecule is O=c1c2ccccc2nnn1COc1ccccc1[N+](=O)[O-]. The molecule has 0 aliphatic heterocycles. The van der Waals surface area contributed by atoms with Gasteiger partial charge in [0.15, 0.2) is 12.5 Å². The van der Waals surface area contributed by atoms with Gasteiger partial charge in [0.2, 0.25) is 0 Å². The van der Waals surface area contributed by atoms with Crippen molar-refractivity contribution in [1.82, 2.24) is 15.0 Å². The average Bonchev–Trinajstić information content (AvgIpc) is 2.55. The second kappa shape index (κ2) is 5.60. The van der Waals surface area contributed by atoms with Crippen molar-refractivity contribution in [2.45, 2.75) is 6.73 Å². The first-order chi connectivity index (χ1) is 10.7. The van der Waals surface area contributed by atoms with E-state index in [9.17, 15) is 14.9 Å². The minimum absolute atomic E-state index is 0.0642. The van der Waals surface area contributed by atoms with Gasteiger partial charge in [0.1, 0.15) is 5.52 Å². The molecule has 2 aromatic carbocycles. The minimum atomic E-state index is -0.551. The van der Waals surface area contributed by atoms with Gasteiger partial charge in [0.05, 0.1) is 10.3 Å². The molecule has 0 amide bonds. The summed E-state index contributed by atoms with van der Waals surface area (Å²) < 4.78 is 6.35. The quantitative estimate of drug-likeness (QED) is 0.537. The number of ether oxygens (including phenoxy) is 1. The lowest BCUT2D eigenvalue weighted by Gasteiger charge is -2.07. The van der Waals surface area contributed by atoms with Gasteiger partial charge in [-0.3, -0.25) is 14.9 Å². The number of fused-ring (bicyclic) bond motifs is 1. The zero-order valence-corrected chi connectivity index (χ0v) is 11.2. The number of nitrogens with zero attached hydrogens (tertiary/aromatic N) is 4. The van der Waals surface area contributed by atoms with Crippen molar-refractivity contribution >= 4 is 16.6 Å². The molecule has 8 heteroatoms. The lowest BCUT2D eigenvalue weighted by molar-refractivity contribution is -0.386. The van der Waals surface area contributed by atoms with Gasteiger partial charge in [-0.1, -0.05) is 29.5 Å². The Kier molecular flexibility index (Phi) is 3.48. The fraction of sp³-hybridized carbons (Fsp3) is 0.0714. The molecule has 0 fully saturated rings. The van der Waals surface area contributed by atoms with Crippen LogP contribution in [0, 0.1) is 10.1 Å².